The standard InChI is InChI=1S/C16H30N2O/c1-6-16(7-2,18(9-4)10-5)15(17-8-3)14-12-11-13-19-14/h11-13,15,17H,6-10H2,1-5H3. The van der Waals surface area contributed by atoms with E-state index in [-0.39, 0.29) is 11.6 Å². The number of nitrogens with zero attached hydrogens (tertiary/aromatic N) is 1. The first-order chi connectivity index (χ1) is 9.19. The third-order valence-corrected chi connectivity index (χ3v) is 4.39. The normalized spacial score (nSPS) is 14.0. The smallest absolute Gasteiger partial charge is 0.122 e. The molecule has 0 bridgehead atoms. The fourth-order valence-corrected chi connectivity index (χ4v) is 3.36. The Balaban J connectivity index is 3.18. The summed E-state index contributed by atoms with van der Waals surface area (Å²) in [5.74, 6) is 1.05. The van der Waals surface area contributed by atoms with Crippen LogP contribution >= 0.6 is 0 Å². The summed E-state index contributed by atoms with van der Waals surface area (Å²) < 4.78 is 5.71. The fraction of sp³-hybridized carbons (Fsp3) is 0.750. The minimum Gasteiger partial charge on any atom is -0.468 e. The van der Waals surface area contributed by atoms with Crippen LogP contribution in [0.1, 0.15) is 59.3 Å². The third kappa shape index (κ3) is 3.21. The summed E-state index contributed by atoms with van der Waals surface area (Å²) >= 11 is 0. The van der Waals surface area contributed by atoms with Crippen molar-refractivity contribution in [1.82, 2.24) is 10.2 Å². The monoisotopic (exact) mass is 266 g/mol. The Bertz CT molecular complexity index is 327. The van der Waals surface area contributed by atoms with Crippen LogP contribution in [0.2, 0.25) is 0 Å². The summed E-state index contributed by atoms with van der Waals surface area (Å²) in [4.78, 5) is 2.57. The second-order valence-corrected chi connectivity index (χ2v) is 4.99. The molecule has 1 N–H and O–H groups in total. The molecule has 1 atom stereocenters. The van der Waals surface area contributed by atoms with Crippen molar-refractivity contribution >= 4 is 0 Å². The minimum atomic E-state index is 0.122. The molecule has 0 aliphatic rings. The van der Waals surface area contributed by atoms with Crippen molar-refractivity contribution in [2.45, 2.75) is 59.0 Å². The molecule has 0 aromatic carbocycles. The van der Waals surface area contributed by atoms with E-state index in [2.05, 4.69) is 50.9 Å². The molecule has 0 saturated carbocycles. The zero-order chi connectivity index (χ0) is 14.3. The van der Waals surface area contributed by atoms with Crippen molar-refractivity contribution in [3.63, 3.8) is 0 Å². The quantitative estimate of drug-likeness (QED) is 0.736. The molecule has 0 spiro atoms. The van der Waals surface area contributed by atoms with Gasteiger partial charge in [0.25, 0.3) is 0 Å². The summed E-state index contributed by atoms with van der Waals surface area (Å²) in [5, 5.41) is 3.64. The van der Waals surface area contributed by atoms with Crippen LogP contribution < -0.4 is 5.32 Å². The third-order valence-electron chi connectivity index (χ3n) is 4.39. The predicted molar refractivity (Wildman–Crippen MR) is 81.4 cm³/mol. The Labute approximate surface area is 118 Å². The number of hydrogen-bond donors (Lipinski definition) is 1. The SMILES string of the molecule is CCNC(c1ccco1)C(CC)(CC)N(CC)CC. The van der Waals surface area contributed by atoms with Gasteiger partial charge < -0.3 is 9.73 Å². The van der Waals surface area contributed by atoms with Gasteiger partial charge >= 0.3 is 0 Å². The van der Waals surface area contributed by atoms with Crippen LogP contribution in [0.5, 0.6) is 0 Å². The minimum absolute atomic E-state index is 0.122. The highest BCUT2D eigenvalue weighted by molar-refractivity contribution is 5.13. The first kappa shape index (κ1) is 16.3. The summed E-state index contributed by atoms with van der Waals surface area (Å²) in [7, 11) is 0. The van der Waals surface area contributed by atoms with Crippen LogP contribution in [0.25, 0.3) is 0 Å². The predicted octanol–water partition coefficient (Wildman–Crippen LogP) is 3.83. The maximum atomic E-state index is 5.71. The maximum absolute atomic E-state index is 5.71. The highest BCUT2D eigenvalue weighted by atomic mass is 16.3. The van der Waals surface area contributed by atoms with Gasteiger partial charge in [0.2, 0.25) is 0 Å². The van der Waals surface area contributed by atoms with Crippen molar-refractivity contribution in [1.29, 1.82) is 0 Å². The van der Waals surface area contributed by atoms with Gasteiger partial charge in [0.05, 0.1) is 12.3 Å². The van der Waals surface area contributed by atoms with Crippen LogP contribution in [0.4, 0.5) is 0 Å². The number of furan rings is 1. The molecular formula is C16H30N2O. The first-order valence-corrected chi connectivity index (χ1v) is 7.71. The van der Waals surface area contributed by atoms with Gasteiger partial charge in [-0.3, -0.25) is 4.90 Å². The molecule has 1 rings (SSSR count). The van der Waals surface area contributed by atoms with Gasteiger partial charge in [-0.15, -0.1) is 0 Å². The second kappa shape index (κ2) is 7.71. The lowest BCUT2D eigenvalue weighted by Gasteiger charge is -2.47. The summed E-state index contributed by atoms with van der Waals surface area (Å²) in [5.41, 5.74) is 0.122. The number of rotatable bonds is 9. The van der Waals surface area contributed by atoms with E-state index in [0.29, 0.717) is 0 Å². The lowest BCUT2D eigenvalue weighted by Crippen LogP contribution is -2.56. The van der Waals surface area contributed by atoms with Crippen molar-refractivity contribution in [3.8, 4) is 0 Å². The highest BCUT2D eigenvalue weighted by Gasteiger charge is 2.41. The average Bonchev–Trinajstić information content (AvgIpc) is 2.96. The summed E-state index contributed by atoms with van der Waals surface area (Å²) in [6, 6.07) is 4.33. The van der Waals surface area contributed by atoms with E-state index in [1.54, 1.807) is 6.26 Å². The zero-order valence-corrected chi connectivity index (χ0v) is 13.2. The molecule has 0 aliphatic carbocycles. The fourth-order valence-electron chi connectivity index (χ4n) is 3.36. The number of hydrogen-bond acceptors (Lipinski definition) is 3. The molecule has 19 heavy (non-hydrogen) atoms. The van der Waals surface area contributed by atoms with Gasteiger partial charge in [-0.1, -0.05) is 34.6 Å². The van der Waals surface area contributed by atoms with Gasteiger partial charge in [0.15, 0.2) is 0 Å². The van der Waals surface area contributed by atoms with E-state index in [1.165, 1.54) is 0 Å². The topological polar surface area (TPSA) is 28.4 Å². The Morgan fingerprint density at radius 1 is 1.16 bits per heavy atom. The van der Waals surface area contributed by atoms with Gasteiger partial charge in [-0.05, 0) is 44.6 Å². The molecule has 0 radical (unpaired) electrons. The van der Waals surface area contributed by atoms with Crippen molar-refractivity contribution in [2.24, 2.45) is 0 Å². The summed E-state index contributed by atoms with van der Waals surface area (Å²) in [6.07, 6.45) is 4.01. The molecule has 110 valence electrons. The van der Waals surface area contributed by atoms with E-state index in [9.17, 15) is 0 Å². The molecule has 3 nitrogen and oxygen atoms in total. The van der Waals surface area contributed by atoms with Crippen LogP contribution in [0.15, 0.2) is 22.8 Å². The molecule has 1 aromatic heterocycles. The van der Waals surface area contributed by atoms with Crippen molar-refractivity contribution in [3.05, 3.63) is 24.2 Å². The van der Waals surface area contributed by atoms with Gasteiger partial charge in [0.1, 0.15) is 5.76 Å². The van der Waals surface area contributed by atoms with Gasteiger partial charge in [-0.25, -0.2) is 0 Å². The maximum Gasteiger partial charge on any atom is 0.122 e. The van der Waals surface area contributed by atoms with E-state index < -0.39 is 0 Å². The molecule has 0 saturated heterocycles. The molecule has 1 aromatic rings. The lowest BCUT2D eigenvalue weighted by molar-refractivity contribution is 0.0415. The molecule has 3 heteroatoms. The lowest BCUT2D eigenvalue weighted by atomic mass is 9.81. The van der Waals surface area contributed by atoms with E-state index >= 15 is 0 Å². The molecular weight excluding hydrogens is 236 g/mol. The Kier molecular flexibility index (Phi) is 6.59. The Hall–Kier alpha value is -0.800. The van der Waals surface area contributed by atoms with Gasteiger partial charge in [0, 0.05) is 5.54 Å². The van der Waals surface area contributed by atoms with Crippen LogP contribution in [-0.2, 0) is 0 Å². The summed E-state index contributed by atoms with van der Waals surface area (Å²) in [6.45, 7) is 14.3. The van der Waals surface area contributed by atoms with Crippen molar-refractivity contribution < 1.29 is 4.42 Å². The second-order valence-electron chi connectivity index (χ2n) is 4.99. The van der Waals surface area contributed by atoms with E-state index in [1.807, 2.05) is 6.07 Å². The number of nitrogens with one attached hydrogen (secondary N) is 1. The van der Waals surface area contributed by atoms with Crippen LogP contribution in [0.3, 0.4) is 0 Å². The Morgan fingerprint density at radius 3 is 2.16 bits per heavy atom. The number of likely N-dealkylation sites (N-methyl/N-ethyl adjacent to an activating group) is 2. The molecule has 0 amide bonds. The van der Waals surface area contributed by atoms with Crippen molar-refractivity contribution in [2.75, 3.05) is 19.6 Å². The van der Waals surface area contributed by atoms with Crippen LogP contribution in [0, 0.1) is 0 Å². The first-order valence-electron chi connectivity index (χ1n) is 7.71. The molecule has 1 unspecified atom stereocenters. The van der Waals surface area contributed by atoms with E-state index in [4.69, 9.17) is 4.42 Å². The van der Waals surface area contributed by atoms with E-state index in [0.717, 1.165) is 38.2 Å². The molecule has 0 fully saturated rings. The van der Waals surface area contributed by atoms with Crippen LogP contribution in [-0.4, -0.2) is 30.1 Å². The molecule has 1 heterocycles. The molecule has 0 aliphatic heterocycles. The highest BCUT2D eigenvalue weighted by Crippen LogP contribution is 2.37. The largest absolute Gasteiger partial charge is 0.468 e. The Morgan fingerprint density at radius 2 is 1.79 bits per heavy atom. The average molecular weight is 266 g/mol. The zero-order valence-electron chi connectivity index (χ0n) is 13.2. The van der Waals surface area contributed by atoms with Gasteiger partial charge in [-0.2, -0.15) is 0 Å².